The second-order valence-corrected chi connectivity index (χ2v) is 3.63. The summed E-state index contributed by atoms with van der Waals surface area (Å²) in [7, 11) is 0. The third-order valence-electron chi connectivity index (χ3n) is 2.14. The van der Waals surface area contributed by atoms with Crippen molar-refractivity contribution in [3.63, 3.8) is 0 Å². The number of aryl methyl sites for hydroxylation is 1. The van der Waals surface area contributed by atoms with Gasteiger partial charge in [0.25, 0.3) is 0 Å². The van der Waals surface area contributed by atoms with Crippen molar-refractivity contribution in [1.82, 2.24) is 9.97 Å². The largest absolute Gasteiger partial charge is 0.474 e. The van der Waals surface area contributed by atoms with Crippen LogP contribution in [0.4, 0.5) is 0 Å². The van der Waals surface area contributed by atoms with Crippen LogP contribution in [0.1, 0.15) is 25.0 Å². The molecule has 0 unspecified atom stereocenters. The number of nitrogens with zero attached hydrogens (tertiary/aromatic N) is 2. The summed E-state index contributed by atoms with van der Waals surface area (Å²) in [5.74, 6) is 0.599. The van der Waals surface area contributed by atoms with Gasteiger partial charge in [-0.1, -0.05) is 0 Å². The van der Waals surface area contributed by atoms with E-state index in [1.807, 2.05) is 13.0 Å². The Labute approximate surface area is 82.1 Å². The zero-order chi connectivity index (χ0) is 9.26. The van der Waals surface area contributed by atoms with Gasteiger partial charge in [0.2, 0.25) is 11.2 Å². The third kappa shape index (κ3) is 2.10. The van der Waals surface area contributed by atoms with Crippen LogP contribution in [0.3, 0.4) is 0 Å². The van der Waals surface area contributed by atoms with Crippen LogP contribution in [0.5, 0.6) is 5.88 Å². The van der Waals surface area contributed by atoms with Crippen molar-refractivity contribution in [3.8, 4) is 5.88 Å². The molecule has 1 aromatic rings. The maximum atomic E-state index is 5.69. The van der Waals surface area contributed by atoms with Crippen molar-refractivity contribution in [2.24, 2.45) is 0 Å². The van der Waals surface area contributed by atoms with E-state index >= 15 is 0 Å². The summed E-state index contributed by atoms with van der Waals surface area (Å²) in [5, 5.41) is 0.259. The van der Waals surface area contributed by atoms with E-state index in [0.717, 1.165) is 18.5 Å². The first kappa shape index (κ1) is 8.75. The summed E-state index contributed by atoms with van der Waals surface area (Å²) in [5.41, 5.74) is 0.842. The Bertz CT molecular complexity index is 292. The lowest BCUT2D eigenvalue weighted by Gasteiger charge is -2.25. The molecule has 1 fully saturated rings. The molecule has 0 atom stereocenters. The molecule has 1 aliphatic carbocycles. The smallest absolute Gasteiger partial charge is 0.225 e. The molecular formula is C9H11ClN2O. The molecule has 0 N–H and O–H groups in total. The van der Waals surface area contributed by atoms with E-state index in [9.17, 15) is 0 Å². The molecule has 4 heteroatoms. The molecule has 2 rings (SSSR count). The van der Waals surface area contributed by atoms with Crippen molar-refractivity contribution in [2.45, 2.75) is 32.3 Å². The van der Waals surface area contributed by atoms with Crippen molar-refractivity contribution in [3.05, 3.63) is 17.0 Å². The van der Waals surface area contributed by atoms with Crippen LogP contribution in [-0.2, 0) is 0 Å². The van der Waals surface area contributed by atoms with Gasteiger partial charge in [0.05, 0.1) is 0 Å². The third-order valence-corrected chi connectivity index (χ3v) is 2.31. The first-order valence-electron chi connectivity index (χ1n) is 4.42. The zero-order valence-electron chi connectivity index (χ0n) is 7.46. The SMILES string of the molecule is Cc1cc(OC2CCC2)nc(Cl)n1. The molecule has 0 radical (unpaired) electrons. The van der Waals surface area contributed by atoms with Gasteiger partial charge in [-0.25, -0.2) is 4.98 Å². The van der Waals surface area contributed by atoms with Crippen LogP contribution in [0.25, 0.3) is 0 Å². The van der Waals surface area contributed by atoms with E-state index in [1.165, 1.54) is 6.42 Å². The van der Waals surface area contributed by atoms with Crippen LogP contribution in [0.15, 0.2) is 6.07 Å². The molecule has 0 saturated heterocycles. The molecule has 0 aliphatic heterocycles. The van der Waals surface area contributed by atoms with E-state index < -0.39 is 0 Å². The topological polar surface area (TPSA) is 35.0 Å². The molecule has 1 saturated carbocycles. The predicted octanol–water partition coefficient (Wildman–Crippen LogP) is 2.37. The van der Waals surface area contributed by atoms with Crippen molar-refractivity contribution in [2.75, 3.05) is 0 Å². The van der Waals surface area contributed by atoms with Crippen LogP contribution < -0.4 is 4.74 Å². The Morgan fingerprint density at radius 1 is 1.46 bits per heavy atom. The number of ether oxygens (including phenoxy) is 1. The van der Waals surface area contributed by atoms with Crippen LogP contribution in [0.2, 0.25) is 5.28 Å². The lowest BCUT2D eigenvalue weighted by molar-refractivity contribution is 0.114. The summed E-state index contributed by atoms with van der Waals surface area (Å²) in [6, 6.07) is 1.81. The summed E-state index contributed by atoms with van der Waals surface area (Å²) >= 11 is 5.69. The number of rotatable bonds is 2. The second-order valence-electron chi connectivity index (χ2n) is 3.29. The number of hydrogen-bond acceptors (Lipinski definition) is 3. The minimum Gasteiger partial charge on any atom is -0.474 e. The number of hydrogen-bond donors (Lipinski definition) is 0. The quantitative estimate of drug-likeness (QED) is 0.685. The molecule has 0 spiro atoms. The van der Waals surface area contributed by atoms with Gasteiger partial charge >= 0.3 is 0 Å². The molecule has 3 nitrogen and oxygen atoms in total. The van der Waals surface area contributed by atoms with E-state index in [2.05, 4.69) is 9.97 Å². The maximum Gasteiger partial charge on any atom is 0.225 e. The molecule has 13 heavy (non-hydrogen) atoms. The van der Waals surface area contributed by atoms with Gasteiger partial charge in [-0.3, -0.25) is 0 Å². The summed E-state index contributed by atoms with van der Waals surface area (Å²) < 4.78 is 5.58. The highest BCUT2D eigenvalue weighted by atomic mass is 35.5. The lowest BCUT2D eigenvalue weighted by atomic mass is 9.96. The Balaban J connectivity index is 2.10. The van der Waals surface area contributed by atoms with Gasteiger partial charge in [-0.05, 0) is 37.8 Å². The van der Waals surface area contributed by atoms with E-state index in [4.69, 9.17) is 16.3 Å². The van der Waals surface area contributed by atoms with Crippen molar-refractivity contribution < 1.29 is 4.74 Å². The monoisotopic (exact) mass is 198 g/mol. The molecular weight excluding hydrogens is 188 g/mol. The van der Waals surface area contributed by atoms with E-state index in [0.29, 0.717) is 12.0 Å². The fourth-order valence-corrected chi connectivity index (χ4v) is 1.44. The van der Waals surface area contributed by atoms with Gasteiger partial charge in [0.15, 0.2) is 0 Å². The van der Waals surface area contributed by atoms with Gasteiger partial charge in [0, 0.05) is 11.8 Å². The highest BCUT2D eigenvalue weighted by Gasteiger charge is 2.19. The van der Waals surface area contributed by atoms with Gasteiger partial charge in [-0.15, -0.1) is 0 Å². The molecule has 0 amide bonds. The molecule has 0 bridgehead atoms. The van der Waals surface area contributed by atoms with Crippen molar-refractivity contribution in [1.29, 1.82) is 0 Å². The Morgan fingerprint density at radius 2 is 2.23 bits per heavy atom. The fraction of sp³-hybridized carbons (Fsp3) is 0.556. The molecule has 0 aromatic carbocycles. The van der Waals surface area contributed by atoms with Crippen LogP contribution in [0, 0.1) is 6.92 Å². The Morgan fingerprint density at radius 3 is 2.77 bits per heavy atom. The summed E-state index contributed by atoms with van der Waals surface area (Å²) in [6.45, 7) is 1.88. The molecule has 1 heterocycles. The summed E-state index contributed by atoms with van der Waals surface area (Å²) in [6.07, 6.45) is 3.84. The van der Waals surface area contributed by atoms with E-state index in [1.54, 1.807) is 0 Å². The lowest BCUT2D eigenvalue weighted by Crippen LogP contribution is -2.25. The van der Waals surface area contributed by atoms with Crippen molar-refractivity contribution >= 4 is 11.6 Å². The maximum absolute atomic E-state index is 5.69. The fourth-order valence-electron chi connectivity index (χ4n) is 1.22. The molecule has 1 aromatic heterocycles. The average Bonchev–Trinajstić information content (AvgIpc) is 1.95. The minimum atomic E-state index is 0.259. The average molecular weight is 199 g/mol. The Kier molecular flexibility index (Phi) is 2.36. The summed E-state index contributed by atoms with van der Waals surface area (Å²) in [4.78, 5) is 7.95. The highest BCUT2D eigenvalue weighted by molar-refractivity contribution is 6.28. The molecule has 1 aliphatic rings. The Hall–Kier alpha value is -0.830. The number of aromatic nitrogens is 2. The first-order valence-corrected chi connectivity index (χ1v) is 4.80. The minimum absolute atomic E-state index is 0.259. The van der Waals surface area contributed by atoms with Gasteiger partial charge < -0.3 is 4.74 Å². The first-order chi connectivity index (χ1) is 6.24. The predicted molar refractivity (Wildman–Crippen MR) is 50.0 cm³/mol. The normalized spacial score (nSPS) is 16.8. The second kappa shape index (κ2) is 3.50. The van der Waals surface area contributed by atoms with Gasteiger partial charge in [0.1, 0.15) is 6.10 Å². The zero-order valence-corrected chi connectivity index (χ0v) is 8.21. The van der Waals surface area contributed by atoms with Crippen LogP contribution >= 0.6 is 11.6 Å². The van der Waals surface area contributed by atoms with E-state index in [-0.39, 0.29) is 5.28 Å². The standard InChI is InChI=1S/C9H11ClN2O/c1-6-5-8(12-9(10)11-6)13-7-3-2-4-7/h5,7H,2-4H2,1H3. The van der Waals surface area contributed by atoms with Gasteiger partial charge in [-0.2, -0.15) is 4.98 Å². The molecule has 70 valence electrons. The number of halogens is 1. The van der Waals surface area contributed by atoms with Crippen LogP contribution in [-0.4, -0.2) is 16.1 Å². The highest BCUT2D eigenvalue weighted by Crippen LogP contribution is 2.24.